The molecule has 0 N–H and O–H groups in total. The standard InChI is InChI=1S/C18H27FS/c1-6-13-18(7-2,14-17(4,5)20-8-3)15-9-11-16(19)12-10-15/h6,9-13H,7-8,14H2,1-5H3. The Kier molecular flexibility index (Phi) is 6.32. The lowest BCUT2D eigenvalue weighted by Gasteiger charge is -2.38. The van der Waals surface area contributed by atoms with Gasteiger partial charge in [0.15, 0.2) is 0 Å². The van der Waals surface area contributed by atoms with Crippen LogP contribution in [0.5, 0.6) is 0 Å². The molecule has 0 saturated carbocycles. The smallest absolute Gasteiger partial charge is 0.123 e. The average molecular weight is 294 g/mol. The highest BCUT2D eigenvalue weighted by Gasteiger charge is 2.34. The van der Waals surface area contributed by atoms with Gasteiger partial charge in [-0.05, 0) is 43.2 Å². The fraction of sp³-hybridized carbons (Fsp3) is 0.556. The van der Waals surface area contributed by atoms with Gasteiger partial charge in [-0.2, -0.15) is 11.8 Å². The van der Waals surface area contributed by atoms with E-state index in [1.807, 2.05) is 23.9 Å². The fourth-order valence-corrected chi connectivity index (χ4v) is 4.15. The van der Waals surface area contributed by atoms with Crippen molar-refractivity contribution in [3.05, 3.63) is 47.8 Å². The third kappa shape index (κ3) is 4.37. The summed E-state index contributed by atoms with van der Waals surface area (Å²) in [5, 5.41) is 0. The quantitative estimate of drug-likeness (QED) is 0.558. The van der Waals surface area contributed by atoms with E-state index in [0.717, 1.165) is 18.6 Å². The Labute approximate surface area is 127 Å². The molecule has 20 heavy (non-hydrogen) atoms. The molecule has 0 fully saturated rings. The molecular weight excluding hydrogens is 267 g/mol. The second-order valence-corrected chi connectivity index (χ2v) is 7.86. The minimum absolute atomic E-state index is 0.00583. The Morgan fingerprint density at radius 1 is 1.15 bits per heavy atom. The van der Waals surface area contributed by atoms with Crippen molar-refractivity contribution in [1.82, 2.24) is 0 Å². The molecule has 0 aromatic heterocycles. The predicted octanol–water partition coefficient (Wildman–Crippen LogP) is 5.97. The van der Waals surface area contributed by atoms with Crippen molar-refractivity contribution < 1.29 is 4.39 Å². The van der Waals surface area contributed by atoms with E-state index in [4.69, 9.17) is 0 Å². The summed E-state index contributed by atoms with van der Waals surface area (Å²) in [6.45, 7) is 11.1. The normalized spacial score (nSPS) is 15.5. The van der Waals surface area contributed by atoms with Crippen LogP contribution in [0.4, 0.5) is 4.39 Å². The first-order valence-corrected chi connectivity index (χ1v) is 8.41. The van der Waals surface area contributed by atoms with Crippen molar-refractivity contribution in [2.24, 2.45) is 0 Å². The van der Waals surface area contributed by atoms with Gasteiger partial charge in [0.25, 0.3) is 0 Å². The minimum Gasteiger partial charge on any atom is -0.207 e. The van der Waals surface area contributed by atoms with Gasteiger partial charge in [0, 0.05) is 10.2 Å². The molecule has 0 amide bonds. The van der Waals surface area contributed by atoms with Crippen molar-refractivity contribution in [1.29, 1.82) is 0 Å². The lowest BCUT2D eigenvalue weighted by Crippen LogP contribution is -2.32. The molecule has 1 unspecified atom stereocenters. The van der Waals surface area contributed by atoms with Gasteiger partial charge in [-0.3, -0.25) is 0 Å². The van der Waals surface area contributed by atoms with E-state index in [1.165, 1.54) is 5.56 Å². The van der Waals surface area contributed by atoms with Crippen LogP contribution in [-0.4, -0.2) is 10.5 Å². The van der Waals surface area contributed by atoms with Gasteiger partial charge in [0.1, 0.15) is 5.82 Å². The summed E-state index contributed by atoms with van der Waals surface area (Å²) < 4.78 is 13.4. The van der Waals surface area contributed by atoms with Crippen LogP contribution in [0, 0.1) is 5.82 Å². The zero-order valence-corrected chi connectivity index (χ0v) is 14.2. The summed E-state index contributed by atoms with van der Waals surface area (Å²) in [5.41, 5.74) is 1.21. The summed E-state index contributed by atoms with van der Waals surface area (Å²) >= 11 is 1.99. The van der Waals surface area contributed by atoms with E-state index >= 15 is 0 Å². The molecule has 0 saturated heterocycles. The number of thioether (sulfide) groups is 1. The van der Waals surface area contributed by atoms with E-state index in [0.29, 0.717) is 0 Å². The van der Waals surface area contributed by atoms with Crippen LogP contribution in [0.2, 0.25) is 0 Å². The largest absolute Gasteiger partial charge is 0.207 e. The van der Waals surface area contributed by atoms with Crippen molar-refractivity contribution >= 4 is 11.8 Å². The Bertz CT molecular complexity index is 433. The summed E-state index contributed by atoms with van der Waals surface area (Å²) in [4.78, 5) is 0. The molecule has 112 valence electrons. The van der Waals surface area contributed by atoms with Gasteiger partial charge in [0.05, 0.1) is 0 Å². The Hall–Kier alpha value is -0.760. The molecule has 2 heteroatoms. The first-order valence-electron chi connectivity index (χ1n) is 7.43. The van der Waals surface area contributed by atoms with Crippen LogP contribution >= 0.6 is 11.8 Å². The lowest BCUT2D eigenvalue weighted by atomic mass is 9.72. The molecule has 0 spiro atoms. The van der Waals surface area contributed by atoms with Crippen molar-refractivity contribution in [3.63, 3.8) is 0 Å². The van der Waals surface area contributed by atoms with Crippen LogP contribution in [-0.2, 0) is 5.41 Å². The highest BCUT2D eigenvalue weighted by Crippen LogP contribution is 2.42. The van der Waals surface area contributed by atoms with Gasteiger partial charge < -0.3 is 0 Å². The van der Waals surface area contributed by atoms with Gasteiger partial charge in [-0.1, -0.05) is 52.0 Å². The number of allylic oxidation sites excluding steroid dienone is 2. The second-order valence-electron chi connectivity index (χ2n) is 5.89. The number of hydrogen-bond donors (Lipinski definition) is 0. The molecule has 0 radical (unpaired) electrons. The Morgan fingerprint density at radius 2 is 1.75 bits per heavy atom. The van der Waals surface area contributed by atoms with Gasteiger partial charge >= 0.3 is 0 Å². The highest BCUT2D eigenvalue weighted by molar-refractivity contribution is 8.00. The zero-order valence-electron chi connectivity index (χ0n) is 13.4. The van der Waals surface area contributed by atoms with Crippen molar-refractivity contribution in [2.75, 3.05) is 5.75 Å². The van der Waals surface area contributed by atoms with E-state index in [2.05, 4.69) is 46.8 Å². The molecule has 0 nitrogen and oxygen atoms in total. The maximum atomic E-state index is 13.2. The molecule has 0 heterocycles. The molecule has 0 aliphatic carbocycles. The number of rotatable bonds is 7. The molecule has 1 aromatic carbocycles. The van der Waals surface area contributed by atoms with Crippen LogP contribution in [0.25, 0.3) is 0 Å². The fourth-order valence-electron chi connectivity index (χ4n) is 3.01. The minimum atomic E-state index is -0.165. The monoisotopic (exact) mass is 294 g/mol. The third-order valence-corrected chi connectivity index (χ3v) is 5.03. The van der Waals surface area contributed by atoms with E-state index in [1.54, 1.807) is 12.1 Å². The number of hydrogen-bond acceptors (Lipinski definition) is 1. The molecule has 1 aromatic rings. The maximum absolute atomic E-state index is 13.2. The molecule has 0 aliphatic rings. The first-order chi connectivity index (χ1) is 9.39. The van der Waals surface area contributed by atoms with Crippen molar-refractivity contribution in [3.8, 4) is 0 Å². The highest BCUT2D eigenvalue weighted by atomic mass is 32.2. The van der Waals surface area contributed by atoms with Crippen LogP contribution < -0.4 is 0 Å². The topological polar surface area (TPSA) is 0 Å². The van der Waals surface area contributed by atoms with Gasteiger partial charge in [0.2, 0.25) is 0 Å². The van der Waals surface area contributed by atoms with E-state index < -0.39 is 0 Å². The molecule has 1 atom stereocenters. The Balaban J connectivity index is 3.18. The molecular formula is C18H27FS. The second kappa shape index (κ2) is 7.31. The summed E-state index contributed by atoms with van der Waals surface area (Å²) in [5.74, 6) is 0.952. The predicted molar refractivity (Wildman–Crippen MR) is 90.0 cm³/mol. The lowest BCUT2D eigenvalue weighted by molar-refractivity contribution is 0.421. The number of benzene rings is 1. The average Bonchev–Trinajstić information content (AvgIpc) is 2.38. The molecule has 1 rings (SSSR count). The first kappa shape index (κ1) is 17.3. The summed E-state index contributed by atoms with van der Waals surface area (Å²) in [6, 6.07) is 7.02. The maximum Gasteiger partial charge on any atom is 0.123 e. The SMILES string of the molecule is CC=CC(CC)(CC(C)(C)SCC)c1ccc(F)cc1. The van der Waals surface area contributed by atoms with Crippen LogP contribution in [0.1, 0.15) is 53.0 Å². The van der Waals surface area contributed by atoms with Crippen molar-refractivity contribution in [2.45, 2.75) is 57.6 Å². The molecule has 0 bridgehead atoms. The van der Waals surface area contributed by atoms with Gasteiger partial charge in [-0.25, -0.2) is 4.39 Å². The van der Waals surface area contributed by atoms with Crippen LogP contribution in [0.15, 0.2) is 36.4 Å². The molecule has 0 aliphatic heterocycles. The Morgan fingerprint density at radius 3 is 2.20 bits per heavy atom. The zero-order chi connectivity index (χ0) is 15.2. The van der Waals surface area contributed by atoms with E-state index in [-0.39, 0.29) is 16.0 Å². The summed E-state index contributed by atoms with van der Waals surface area (Å²) in [7, 11) is 0. The third-order valence-electron chi connectivity index (χ3n) is 3.81. The van der Waals surface area contributed by atoms with E-state index in [9.17, 15) is 4.39 Å². The number of halogens is 1. The summed E-state index contributed by atoms with van der Waals surface area (Å²) in [6.07, 6.45) is 6.50. The van der Waals surface area contributed by atoms with Crippen LogP contribution in [0.3, 0.4) is 0 Å². The van der Waals surface area contributed by atoms with Gasteiger partial charge in [-0.15, -0.1) is 0 Å².